The van der Waals surface area contributed by atoms with E-state index in [4.69, 9.17) is 0 Å². The topological polar surface area (TPSA) is 16.1 Å². The smallest absolute Gasteiger partial charge is 0.146 e. The number of anilines is 2. The largest absolute Gasteiger partial charge is 0.327 e. The summed E-state index contributed by atoms with van der Waals surface area (Å²) >= 11 is 3.29. The standard InChI is InChI=1S/C12H10BrFN2/c1-16(10-6-3-2-5-9(10)14)12-8-4-7-11(13)15-12/h2-8H,1H3. The third kappa shape index (κ3) is 2.22. The van der Waals surface area contributed by atoms with Crippen LogP contribution in [0.5, 0.6) is 0 Å². The van der Waals surface area contributed by atoms with Crippen LogP contribution in [0.3, 0.4) is 0 Å². The van der Waals surface area contributed by atoms with Crippen LogP contribution in [0.2, 0.25) is 0 Å². The third-order valence-corrected chi connectivity index (χ3v) is 2.70. The molecule has 16 heavy (non-hydrogen) atoms. The van der Waals surface area contributed by atoms with E-state index in [9.17, 15) is 4.39 Å². The van der Waals surface area contributed by atoms with Gasteiger partial charge >= 0.3 is 0 Å². The molecule has 0 aliphatic carbocycles. The molecule has 0 saturated heterocycles. The molecule has 0 N–H and O–H groups in total. The van der Waals surface area contributed by atoms with Crippen LogP contribution in [0.4, 0.5) is 15.9 Å². The highest BCUT2D eigenvalue weighted by molar-refractivity contribution is 9.10. The number of aromatic nitrogens is 1. The maximum Gasteiger partial charge on any atom is 0.146 e. The van der Waals surface area contributed by atoms with Crippen molar-refractivity contribution in [2.24, 2.45) is 0 Å². The van der Waals surface area contributed by atoms with Crippen molar-refractivity contribution in [1.82, 2.24) is 4.98 Å². The molecule has 0 amide bonds. The van der Waals surface area contributed by atoms with E-state index in [0.29, 0.717) is 11.5 Å². The molecule has 82 valence electrons. The second-order valence-electron chi connectivity index (χ2n) is 3.33. The summed E-state index contributed by atoms with van der Waals surface area (Å²) in [6, 6.07) is 12.1. The molecule has 4 heteroatoms. The van der Waals surface area contributed by atoms with E-state index in [-0.39, 0.29) is 5.82 Å². The molecule has 0 radical (unpaired) electrons. The van der Waals surface area contributed by atoms with Gasteiger partial charge in [0, 0.05) is 7.05 Å². The first-order chi connectivity index (χ1) is 7.68. The molecule has 1 heterocycles. The predicted molar refractivity (Wildman–Crippen MR) is 66.4 cm³/mol. The number of halogens is 2. The van der Waals surface area contributed by atoms with Crippen LogP contribution >= 0.6 is 15.9 Å². The van der Waals surface area contributed by atoms with Crippen molar-refractivity contribution in [2.45, 2.75) is 0 Å². The Labute approximate surface area is 102 Å². The van der Waals surface area contributed by atoms with Gasteiger partial charge in [-0.05, 0) is 40.2 Å². The molecule has 0 spiro atoms. The number of rotatable bonds is 2. The lowest BCUT2D eigenvalue weighted by atomic mass is 10.3. The monoisotopic (exact) mass is 280 g/mol. The molecular formula is C12H10BrFN2. The Balaban J connectivity index is 2.39. The van der Waals surface area contributed by atoms with E-state index in [1.165, 1.54) is 6.07 Å². The molecule has 0 atom stereocenters. The van der Waals surface area contributed by atoms with Crippen molar-refractivity contribution in [3.8, 4) is 0 Å². The summed E-state index contributed by atoms with van der Waals surface area (Å²) in [5, 5.41) is 0. The van der Waals surface area contributed by atoms with Crippen molar-refractivity contribution in [2.75, 3.05) is 11.9 Å². The van der Waals surface area contributed by atoms with Gasteiger partial charge in [0.1, 0.15) is 16.2 Å². The molecule has 2 aromatic rings. The number of para-hydroxylation sites is 1. The lowest BCUT2D eigenvalue weighted by Gasteiger charge is -2.18. The Kier molecular flexibility index (Phi) is 3.19. The zero-order valence-electron chi connectivity index (χ0n) is 8.69. The Morgan fingerprint density at radius 2 is 1.88 bits per heavy atom. The first-order valence-corrected chi connectivity index (χ1v) is 5.58. The average molecular weight is 281 g/mol. The maximum absolute atomic E-state index is 13.5. The van der Waals surface area contributed by atoms with Crippen LogP contribution in [-0.4, -0.2) is 12.0 Å². The number of hydrogen-bond donors (Lipinski definition) is 0. The summed E-state index contributed by atoms with van der Waals surface area (Å²) in [4.78, 5) is 5.97. The fourth-order valence-corrected chi connectivity index (χ4v) is 1.77. The van der Waals surface area contributed by atoms with E-state index in [1.807, 2.05) is 18.2 Å². The second kappa shape index (κ2) is 4.61. The van der Waals surface area contributed by atoms with Crippen LogP contribution in [0.15, 0.2) is 47.1 Å². The summed E-state index contributed by atoms with van der Waals surface area (Å²) < 4.78 is 14.3. The van der Waals surface area contributed by atoms with Gasteiger partial charge in [0.2, 0.25) is 0 Å². The zero-order chi connectivity index (χ0) is 11.5. The molecule has 0 saturated carbocycles. The molecule has 0 bridgehead atoms. The summed E-state index contributed by atoms with van der Waals surface area (Å²) in [6.45, 7) is 0. The maximum atomic E-state index is 13.5. The minimum atomic E-state index is -0.258. The fraction of sp³-hybridized carbons (Fsp3) is 0.0833. The molecule has 1 aromatic carbocycles. The van der Waals surface area contributed by atoms with Gasteiger partial charge in [0.15, 0.2) is 0 Å². The van der Waals surface area contributed by atoms with E-state index < -0.39 is 0 Å². The summed E-state index contributed by atoms with van der Waals surface area (Å²) in [6.07, 6.45) is 0. The van der Waals surface area contributed by atoms with Gasteiger partial charge in [-0.3, -0.25) is 0 Å². The van der Waals surface area contributed by atoms with Crippen molar-refractivity contribution in [3.05, 3.63) is 52.9 Å². The molecule has 0 aliphatic heterocycles. The summed E-state index contributed by atoms with van der Waals surface area (Å²) in [5.74, 6) is 0.436. The normalized spacial score (nSPS) is 10.2. The molecule has 0 unspecified atom stereocenters. The van der Waals surface area contributed by atoms with Gasteiger partial charge < -0.3 is 4.90 Å². The molecule has 1 aromatic heterocycles. The summed E-state index contributed by atoms with van der Waals surface area (Å²) in [7, 11) is 1.78. The Hall–Kier alpha value is -1.42. The molecule has 2 nitrogen and oxygen atoms in total. The van der Waals surface area contributed by atoms with E-state index in [1.54, 1.807) is 30.1 Å². The quantitative estimate of drug-likeness (QED) is 0.779. The number of pyridine rings is 1. The number of hydrogen-bond acceptors (Lipinski definition) is 2. The Bertz CT molecular complexity index is 502. The highest BCUT2D eigenvalue weighted by Gasteiger charge is 2.09. The first kappa shape index (κ1) is 11.1. The van der Waals surface area contributed by atoms with Crippen molar-refractivity contribution >= 4 is 27.4 Å². The van der Waals surface area contributed by atoms with E-state index in [0.717, 1.165) is 4.60 Å². The minimum Gasteiger partial charge on any atom is -0.327 e. The van der Waals surface area contributed by atoms with Gasteiger partial charge in [-0.25, -0.2) is 9.37 Å². The lowest BCUT2D eigenvalue weighted by Crippen LogP contribution is -2.12. The van der Waals surface area contributed by atoms with Gasteiger partial charge in [0.05, 0.1) is 5.69 Å². The van der Waals surface area contributed by atoms with Gasteiger partial charge in [-0.2, -0.15) is 0 Å². The Morgan fingerprint density at radius 1 is 1.12 bits per heavy atom. The minimum absolute atomic E-state index is 0.258. The zero-order valence-corrected chi connectivity index (χ0v) is 10.3. The molecule has 0 aliphatic rings. The van der Waals surface area contributed by atoms with Crippen LogP contribution in [-0.2, 0) is 0 Å². The van der Waals surface area contributed by atoms with Crippen LogP contribution in [0.25, 0.3) is 0 Å². The van der Waals surface area contributed by atoms with Crippen LogP contribution in [0, 0.1) is 5.82 Å². The highest BCUT2D eigenvalue weighted by atomic mass is 79.9. The van der Waals surface area contributed by atoms with Crippen molar-refractivity contribution in [3.63, 3.8) is 0 Å². The second-order valence-corrected chi connectivity index (χ2v) is 4.14. The average Bonchev–Trinajstić information content (AvgIpc) is 2.29. The molecule has 2 rings (SSSR count). The fourth-order valence-electron chi connectivity index (χ4n) is 1.43. The summed E-state index contributed by atoms with van der Waals surface area (Å²) in [5.41, 5.74) is 0.508. The molecule has 0 fully saturated rings. The molecular weight excluding hydrogens is 271 g/mol. The van der Waals surface area contributed by atoms with Crippen molar-refractivity contribution < 1.29 is 4.39 Å². The van der Waals surface area contributed by atoms with E-state index >= 15 is 0 Å². The van der Waals surface area contributed by atoms with Crippen LogP contribution in [0.1, 0.15) is 0 Å². The first-order valence-electron chi connectivity index (χ1n) is 4.79. The van der Waals surface area contributed by atoms with Crippen molar-refractivity contribution in [1.29, 1.82) is 0 Å². The lowest BCUT2D eigenvalue weighted by molar-refractivity contribution is 0.627. The van der Waals surface area contributed by atoms with E-state index in [2.05, 4.69) is 20.9 Å². The Morgan fingerprint density at radius 3 is 2.56 bits per heavy atom. The van der Waals surface area contributed by atoms with Gasteiger partial charge in [-0.1, -0.05) is 18.2 Å². The third-order valence-electron chi connectivity index (χ3n) is 2.26. The number of nitrogens with zero attached hydrogens (tertiary/aromatic N) is 2. The van der Waals surface area contributed by atoms with Gasteiger partial charge in [-0.15, -0.1) is 0 Å². The number of benzene rings is 1. The SMILES string of the molecule is CN(c1cccc(Br)n1)c1ccccc1F. The van der Waals surface area contributed by atoms with Gasteiger partial charge in [0.25, 0.3) is 0 Å². The van der Waals surface area contributed by atoms with Crippen LogP contribution < -0.4 is 4.90 Å². The highest BCUT2D eigenvalue weighted by Crippen LogP contribution is 2.25. The predicted octanol–water partition coefficient (Wildman–Crippen LogP) is 3.75.